The summed E-state index contributed by atoms with van der Waals surface area (Å²) in [5, 5.41) is 13.1. The summed E-state index contributed by atoms with van der Waals surface area (Å²) >= 11 is 0. The number of anilines is 1. The molecular weight excluding hydrogens is 258 g/mol. The number of carboxylic acids is 1. The van der Waals surface area contributed by atoms with E-state index in [9.17, 15) is 9.90 Å². The van der Waals surface area contributed by atoms with Crippen LogP contribution in [0.25, 0.3) is 11.5 Å². The number of carbonyl (C=O) groups is 1. The second-order valence-electron chi connectivity index (χ2n) is 4.80. The van der Waals surface area contributed by atoms with Gasteiger partial charge >= 0.3 is 5.97 Å². The smallest absolute Gasteiger partial charge is 0.336 e. The molecule has 3 rings (SSSR count). The predicted octanol–water partition coefficient (Wildman–Crippen LogP) is 2.43. The number of piperidine rings is 1. The zero-order valence-corrected chi connectivity index (χ0v) is 11.0. The lowest BCUT2D eigenvalue weighted by Gasteiger charge is -2.24. The normalized spacial score (nSPS) is 15.3. The number of hydrogen-bond acceptors (Lipinski definition) is 5. The maximum absolute atomic E-state index is 11.2. The number of nitrogens with zero attached hydrogens (tertiary/aromatic N) is 3. The lowest BCUT2D eigenvalue weighted by atomic mass is 10.1. The Kier molecular flexibility index (Phi) is 3.37. The van der Waals surface area contributed by atoms with Gasteiger partial charge in [-0.1, -0.05) is 12.1 Å². The van der Waals surface area contributed by atoms with Crippen LogP contribution in [-0.4, -0.2) is 34.3 Å². The van der Waals surface area contributed by atoms with Crippen LogP contribution in [0.2, 0.25) is 0 Å². The van der Waals surface area contributed by atoms with E-state index >= 15 is 0 Å². The molecule has 0 saturated carbocycles. The fraction of sp³-hybridized carbons (Fsp3) is 0.357. The Bertz CT molecular complexity index is 618. The second-order valence-corrected chi connectivity index (χ2v) is 4.80. The van der Waals surface area contributed by atoms with Crippen LogP contribution in [0.4, 0.5) is 5.95 Å². The van der Waals surface area contributed by atoms with Gasteiger partial charge in [-0.05, 0) is 36.6 Å². The van der Waals surface area contributed by atoms with Gasteiger partial charge in [0, 0.05) is 13.1 Å². The zero-order chi connectivity index (χ0) is 13.9. The van der Waals surface area contributed by atoms with Gasteiger partial charge in [0.25, 0.3) is 11.8 Å². The lowest BCUT2D eigenvalue weighted by molar-refractivity contribution is 0.0697. The van der Waals surface area contributed by atoms with Crippen molar-refractivity contribution in [3.05, 3.63) is 29.8 Å². The summed E-state index contributed by atoms with van der Waals surface area (Å²) in [6.07, 6.45) is 3.47. The van der Waals surface area contributed by atoms with E-state index in [1.165, 1.54) is 12.5 Å². The third kappa shape index (κ3) is 2.36. The van der Waals surface area contributed by atoms with Crippen molar-refractivity contribution in [1.29, 1.82) is 0 Å². The Balaban J connectivity index is 1.92. The van der Waals surface area contributed by atoms with Gasteiger partial charge in [0.05, 0.1) is 11.1 Å². The summed E-state index contributed by atoms with van der Waals surface area (Å²) < 4.78 is 5.23. The highest BCUT2D eigenvalue weighted by Gasteiger charge is 2.20. The van der Waals surface area contributed by atoms with Crippen LogP contribution in [-0.2, 0) is 0 Å². The topological polar surface area (TPSA) is 79.5 Å². The molecule has 1 saturated heterocycles. The molecule has 1 fully saturated rings. The monoisotopic (exact) mass is 273 g/mol. The fourth-order valence-electron chi connectivity index (χ4n) is 2.40. The third-order valence-electron chi connectivity index (χ3n) is 3.44. The Morgan fingerprint density at radius 3 is 2.70 bits per heavy atom. The molecular formula is C14H15N3O3. The molecule has 0 amide bonds. The van der Waals surface area contributed by atoms with E-state index in [1.54, 1.807) is 18.2 Å². The summed E-state index contributed by atoms with van der Waals surface area (Å²) in [6, 6.07) is 6.64. The Morgan fingerprint density at radius 1 is 1.20 bits per heavy atom. The molecule has 0 aliphatic carbocycles. The van der Waals surface area contributed by atoms with Crippen LogP contribution < -0.4 is 4.90 Å². The molecule has 1 aliphatic rings. The molecule has 104 valence electrons. The van der Waals surface area contributed by atoms with Crippen LogP contribution in [0.5, 0.6) is 0 Å². The molecule has 6 nitrogen and oxygen atoms in total. The van der Waals surface area contributed by atoms with Gasteiger partial charge in [-0.25, -0.2) is 4.79 Å². The minimum atomic E-state index is -1.00. The highest BCUT2D eigenvalue weighted by molar-refractivity contribution is 5.94. The van der Waals surface area contributed by atoms with Crippen LogP contribution in [0.3, 0.4) is 0 Å². The average Bonchev–Trinajstić information content (AvgIpc) is 2.98. The summed E-state index contributed by atoms with van der Waals surface area (Å²) in [6.45, 7) is 1.83. The first-order valence-corrected chi connectivity index (χ1v) is 6.67. The van der Waals surface area contributed by atoms with Gasteiger partial charge in [-0.2, -0.15) is 4.98 Å². The number of benzene rings is 1. The Labute approximate surface area is 116 Å². The van der Waals surface area contributed by atoms with Crippen molar-refractivity contribution in [2.45, 2.75) is 19.3 Å². The van der Waals surface area contributed by atoms with Crippen molar-refractivity contribution < 1.29 is 14.4 Å². The average molecular weight is 273 g/mol. The van der Waals surface area contributed by atoms with E-state index < -0.39 is 5.97 Å². The molecule has 1 aromatic carbocycles. The number of aromatic nitrogens is 2. The number of hydrogen-bond donors (Lipinski definition) is 1. The summed E-state index contributed by atoms with van der Waals surface area (Å²) in [7, 11) is 0. The van der Waals surface area contributed by atoms with Gasteiger partial charge in [0.2, 0.25) is 0 Å². The van der Waals surface area contributed by atoms with Gasteiger partial charge in [-0.3, -0.25) is 0 Å². The number of carboxylic acid groups (broad SMARTS) is 1. The van der Waals surface area contributed by atoms with E-state index in [4.69, 9.17) is 4.52 Å². The molecule has 6 heteroatoms. The van der Waals surface area contributed by atoms with Crippen molar-refractivity contribution >= 4 is 11.9 Å². The fourth-order valence-corrected chi connectivity index (χ4v) is 2.40. The van der Waals surface area contributed by atoms with E-state index in [0.717, 1.165) is 25.9 Å². The van der Waals surface area contributed by atoms with Gasteiger partial charge < -0.3 is 14.5 Å². The molecule has 2 aromatic rings. The molecule has 0 unspecified atom stereocenters. The molecule has 1 aromatic heterocycles. The van der Waals surface area contributed by atoms with Crippen LogP contribution in [0.1, 0.15) is 29.6 Å². The molecule has 0 atom stereocenters. The maximum atomic E-state index is 11.2. The van der Waals surface area contributed by atoms with Crippen LogP contribution >= 0.6 is 0 Å². The van der Waals surface area contributed by atoms with Crippen LogP contribution in [0, 0.1) is 0 Å². The Hall–Kier alpha value is -2.37. The minimum Gasteiger partial charge on any atom is -0.478 e. The largest absolute Gasteiger partial charge is 0.478 e. The molecule has 0 spiro atoms. The van der Waals surface area contributed by atoms with E-state index in [1.807, 2.05) is 0 Å². The lowest BCUT2D eigenvalue weighted by Crippen LogP contribution is -2.30. The van der Waals surface area contributed by atoms with Crippen molar-refractivity contribution in [3.63, 3.8) is 0 Å². The second kappa shape index (κ2) is 5.32. The van der Waals surface area contributed by atoms with Crippen molar-refractivity contribution in [2.24, 2.45) is 0 Å². The minimum absolute atomic E-state index is 0.168. The highest BCUT2D eigenvalue weighted by Crippen LogP contribution is 2.25. The summed E-state index contributed by atoms with van der Waals surface area (Å²) in [4.78, 5) is 17.6. The first-order valence-electron chi connectivity index (χ1n) is 6.67. The van der Waals surface area contributed by atoms with E-state index in [2.05, 4.69) is 15.0 Å². The van der Waals surface area contributed by atoms with Gasteiger partial charge in [0.1, 0.15) is 0 Å². The first kappa shape index (κ1) is 12.7. The quantitative estimate of drug-likeness (QED) is 0.925. The highest BCUT2D eigenvalue weighted by atomic mass is 16.5. The first-order chi connectivity index (χ1) is 9.75. The molecule has 0 bridgehead atoms. The van der Waals surface area contributed by atoms with Gasteiger partial charge in [-0.15, -0.1) is 0 Å². The molecule has 1 N–H and O–H groups in total. The third-order valence-corrected chi connectivity index (χ3v) is 3.44. The van der Waals surface area contributed by atoms with Crippen molar-refractivity contribution in [1.82, 2.24) is 10.1 Å². The van der Waals surface area contributed by atoms with Gasteiger partial charge in [0.15, 0.2) is 0 Å². The predicted molar refractivity (Wildman–Crippen MR) is 72.8 cm³/mol. The number of aromatic carboxylic acids is 1. The zero-order valence-electron chi connectivity index (χ0n) is 11.0. The van der Waals surface area contributed by atoms with Crippen LogP contribution in [0.15, 0.2) is 28.8 Å². The Morgan fingerprint density at radius 2 is 1.95 bits per heavy atom. The summed E-state index contributed by atoms with van der Waals surface area (Å²) in [5.41, 5.74) is 0.622. The SMILES string of the molecule is O=C(O)c1ccccc1-c1nc(N2CCCCC2)no1. The molecule has 1 aliphatic heterocycles. The molecule has 20 heavy (non-hydrogen) atoms. The number of rotatable bonds is 3. The molecule has 0 radical (unpaired) electrons. The van der Waals surface area contributed by atoms with E-state index in [-0.39, 0.29) is 11.5 Å². The van der Waals surface area contributed by atoms with Crippen molar-refractivity contribution in [2.75, 3.05) is 18.0 Å². The molecule has 2 heterocycles. The maximum Gasteiger partial charge on any atom is 0.336 e. The standard InChI is InChI=1S/C14H15N3O3/c18-13(19)11-7-3-2-6-10(11)12-15-14(16-20-12)17-8-4-1-5-9-17/h2-3,6-7H,1,4-5,8-9H2,(H,18,19). The summed E-state index contributed by atoms with van der Waals surface area (Å²) in [5.74, 6) is -0.207. The van der Waals surface area contributed by atoms with Crippen molar-refractivity contribution in [3.8, 4) is 11.5 Å². The van der Waals surface area contributed by atoms with E-state index in [0.29, 0.717) is 11.5 Å².